The highest BCUT2D eigenvalue weighted by atomic mass is 35.5. The van der Waals surface area contributed by atoms with Crippen LogP contribution >= 0.6 is 35.6 Å². The van der Waals surface area contributed by atoms with Gasteiger partial charge < -0.3 is 15.4 Å². The van der Waals surface area contributed by atoms with Gasteiger partial charge in [0.15, 0.2) is 0 Å². The number of amides is 1. The highest BCUT2D eigenvalue weighted by Gasteiger charge is 2.25. The highest BCUT2D eigenvalue weighted by molar-refractivity contribution is 6.35. The number of rotatable bonds is 5. The summed E-state index contributed by atoms with van der Waals surface area (Å²) >= 11 is 12.0. The topological polar surface area (TPSA) is 55.6 Å². The van der Waals surface area contributed by atoms with Crippen molar-refractivity contribution in [2.75, 3.05) is 26.2 Å². The Bertz CT molecular complexity index is 492. The van der Waals surface area contributed by atoms with Crippen molar-refractivity contribution in [2.45, 2.75) is 25.4 Å². The fraction of sp³-hybridized carbons (Fsp3) is 0.533. The van der Waals surface area contributed by atoms with Gasteiger partial charge in [-0.15, -0.1) is 12.4 Å². The smallest absolute Gasteiger partial charge is 0.255 e. The molecule has 1 aliphatic rings. The van der Waals surface area contributed by atoms with Crippen LogP contribution in [0.2, 0.25) is 10.0 Å². The Hall–Kier alpha value is -0.520. The van der Waals surface area contributed by atoms with Crippen molar-refractivity contribution in [3.05, 3.63) is 33.8 Å². The fourth-order valence-electron chi connectivity index (χ4n) is 2.39. The van der Waals surface area contributed by atoms with Crippen LogP contribution in [0.15, 0.2) is 18.2 Å². The van der Waals surface area contributed by atoms with Gasteiger partial charge in [0, 0.05) is 24.7 Å². The van der Waals surface area contributed by atoms with Crippen LogP contribution in [0.5, 0.6) is 0 Å². The van der Waals surface area contributed by atoms with Crippen LogP contribution in [0.25, 0.3) is 0 Å². The maximum Gasteiger partial charge on any atom is 0.255 e. The number of hydrogen-bond donors (Lipinski definition) is 1. The standard InChI is InChI=1S/C15H20Cl2N2O2.ClH/c16-11-2-3-14(17)13(10-11)15(20)19-7-4-12(5-8-19)21-9-1-6-18;/h2-3,10,12H,1,4-9,18H2;1H. The first-order chi connectivity index (χ1) is 10.1. The molecule has 0 saturated carbocycles. The molecule has 1 heterocycles. The number of likely N-dealkylation sites (tertiary alicyclic amines) is 1. The molecule has 4 nitrogen and oxygen atoms in total. The quantitative estimate of drug-likeness (QED) is 0.812. The Labute approximate surface area is 147 Å². The number of halogens is 3. The molecule has 1 aromatic rings. The average Bonchev–Trinajstić information content (AvgIpc) is 2.50. The molecule has 1 aromatic carbocycles. The molecular weight excluding hydrogens is 347 g/mol. The van der Waals surface area contributed by atoms with Gasteiger partial charge >= 0.3 is 0 Å². The van der Waals surface area contributed by atoms with Crippen LogP contribution in [0.3, 0.4) is 0 Å². The lowest BCUT2D eigenvalue weighted by atomic mass is 10.1. The fourth-order valence-corrected chi connectivity index (χ4v) is 2.76. The Morgan fingerprint density at radius 2 is 2.00 bits per heavy atom. The van der Waals surface area contributed by atoms with Gasteiger partial charge in [0.2, 0.25) is 0 Å². The van der Waals surface area contributed by atoms with E-state index in [2.05, 4.69) is 0 Å². The maximum absolute atomic E-state index is 12.5. The van der Waals surface area contributed by atoms with Crippen LogP contribution in [-0.2, 0) is 4.74 Å². The van der Waals surface area contributed by atoms with Crippen molar-refractivity contribution in [3.63, 3.8) is 0 Å². The second-order valence-electron chi connectivity index (χ2n) is 5.13. The van der Waals surface area contributed by atoms with E-state index in [4.69, 9.17) is 33.7 Å². The number of ether oxygens (including phenoxy) is 1. The van der Waals surface area contributed by atoms with Gasteiger partial charge in [-0.1, -0.05) is 23.2 Å². The molecule has 124 valence electrons. The normalized spacial score (nSPS) is 15.5. The average molecular weight is 368 g/mol. The first-order valence-corrected chi connectivity index (χ1v) is 7.93. The number of nitrogens with two attached hydrogens (primary N) is 1. The number of nitrogens with zero attached hydrogens (tertiary/aromatic N) is 1. The van der Waals surface area contributed by atoms with Crippen molar-refractivity contribution in [1.29, 1.82) is 0 Å². The van der Waals surface area contributed by atoms with E-state index in [0.717, 1.165) is 19.3 Å². The molecule has 0 bridgehead atoms. The zero-order valence-corrected chi connectivity index (χ0v) is 14.6. The third-order valence-electron chi connectivity index (χ3n) is 3.59. The predicted molar refractivity (Wildman–Crippen MR) is 92.3 cm³/mol. The molecule has 1 aliphatic heterocycles. The minimum Gasteiger partial charge on any atom is -0.378 e. The van der Waals surface area contributed by atoms with E-state index in [1.807, 2.05) is 0 Å². The van der Waals surface area contributed by atoms with E-state index in [0.29, 0.717) is 41.8 Å². The van der Waals surface area contributed by atoms with Crippen LogP contribution in [0.1, 0.15) is 29.6 Å². The third kappa shape index (κ3) is 5.28. The first-order valence-electron chi connectivity index (χ1n) is 7.18. The molecular formula is C15H21Cl3N2O2. The van der Waals surface area contributed by atoms with Gasteiger partial charge in [-0.25, -0.2) is 0 Å². The Balaban J connectivity index is 0.00000242. The summed E-state index contributed by atoms with van der Waals surface area (Å²) in [5.74, 6) is -0.0668. The zero-order chi connectivity index (χ0) is 15.2. The number of piperidine rings is 1. The number of hydrogen-bond acceptors (Lipinski definition) is 3. The Kier molecular flexibility index (Phi) is 8.50. The molecule has 0 spiro atoms. The summed E-state index contributed by atoms with van der Waals surface area (Å²) in [6.07, 6.45) is 2.77. The second kappa shape index (κ2) is 9.58. The summed E-state index contributed by atoms with van der Waals surface area (Å²) in [5, 5.41) is 0.952. The van der Waals surface area contributed by atoms with Gasteiger partial charge in [-0.2, -0.15) is 0 Å². The van der Waals surface area contributed by atoms with E-state index in [1.54, 1.807) is 23.1 Å². The first kappa shape index (κ1) is 19.5. The summed E-state index contributed by atoms with van der Waals surface area (Å²) in [5.41, 5.74) is 5.91. The van der Waals surface area contributed by atoms with Crippen molar-refractivity contribution in [1.82, 2.24) is 4.90 Å². The Morgan fingerprint density at radius 1 is 1.32 bits per heavy atom. The van der Waals surface area contributed by atoms with Gasteiger partial charge in [-0.3, -0.25) is 4.79 Å². The minimum absolute atomic E-state index is 0. The maximum atomic E-state index is 12.5. The molecule has 0 radical (unpaired) electrons. The molecule has 2 N–H and O–H groups in total. The summed E-state index contributed by atoms with van der Waals surface area (Å²) in [6.45, 7) is 2.68. The Morgan fingerprint density at radius 3 is 2.64 bits per heavy atom. The summed E-state index contributed by atoms with van der Waals surface area (Å²) in [4.78, 5) is 14.3. The molecule has 7 heteroatoms. The summed E-state index contributed by atoms with van der Waals surface area (Å²) < 4.78 is 5.73. The SMILES string of the molecule is Cl.NCCCOC1CCN(C(=O)c2cc(Cl)ccc2Cl)CC1. The third-order valence-corrected chi connectivity index (χ3v) is 4.15. The lowest BCUT2D eigenvalue weighted by Gasteiger charge is -2.32. The molecule has 2 rings (SSSR count). The molecule has 0 aliphatic carbocycles. The number of carbonyl (C=O) groups excluding carboxylic acids is 1. The molecule has 1 fully saturated rings. The predicted octanol–water partition coefficient (Wildman–Crippen LogP) is 3.39. The highest BCUT2D eigenvalue weighted by Crippen LogP contribution is 2.24. The molecule has 22 heavy (non-hydrogen) atoms. The molecule has 0 unspecified atom stereocenters. The lowest BCUT2D eigenvalue weighted by molar-refractivity contribution is 0.00845. The van der Waals surface area contributed by atoms with Gasteiger partial charge in [0.25, 0.3) is 5.91 Å². The van der Waals surface area contributed by atoms with Gasteiger partial charge in [0.05, 0.1) is 16.7 Å². The van der Waals surface area contributed by atoms with E-state index >= 15 is 0 Å². The second-order valence-corrected chi connectivity index (χ2v) is 5.97. The van der Waals surface area contributed by atoms with Crippen molar-refractivity contribution in [2.24, 2.45) is 5.73 Å². The summed E-state index contributed by atoms with van der Waals surface area (Å²) in [7, 11) is 0. The van der Waals surface area contributed by atoms with Crippen LogP contribution in [0, 0.1) is 0 Å². The molecule has 0 atom stereocenters. The van der Waals surface area contributed by atoms with Gasteiger partial charge in [0.1, 0.15) is 0 Å². The van der Waals surface area contributed by atoms with Crippen LogP contribution < -0.4 is 5.73 Å². The van der Waals surface area contributed by atoms with E-state index in [-0.39, 0.29) is 24.4 Å². The lowest BCUT2D eigenvalue weighted by Crippen LogP contribution is -2.41. The molecule has 1 saturated heterocycles. The van der Waals surface area contributed by atoms with Gasteiger partial charge in [-0.05, 0) is 44.0 Å². The summed E-state index contributed by atoms with van der Waals surface area (Å²) in [6, 6.07) is 4.95. The number of benzene rings is 1. The zero-order valence-electron chi connectivity index (χ0n) is 12.3. The van der Waals surface area contributed by atoms with E-state index in [9.17, 15) is 4.79 Å². The van der Waals surface area contributed by atoms with Crippen LogP contribution in [0.4, 0.5) is 0 Å². The largest absolute Gasteiger partial charge is 0.378 e. The van der Waals surface area contributed by atoms with Crippen molar-refractivity contribution in [3.8, 4) is 0 Å². The van der Waals surface area contributed by atoms with E-state index in [1.165, 1.54) is 0 Å². The van der Waals surface area contributed by atoms with Crippen molar-refractivity contribution < 1.29 is 9.53 Å². The van der Waals surface area contributed by atoms with Crippen LogP contribution in [-0.4, -0.2) is 43.2 Å². The van der Waals surface area contributed by atoms with E-state index < -0.39 is 0 Å². The number of carbonyl (C=O) groups is 1. The molecule has 1 amide bonds. The van der Waals surface area contributed by atoms with Crippen molar-refractivity contribution >= 4 is 41.5 Å². The molecule has 0 aromatic heterocycles. The minimum atomic E-state index is -0.0668. The monoisotopic (exact) mass is 366 g/mol.